The topological polar surface area (TPSA) is 68.0 Å². The lowest BCUT2D eigenvalue weighted by Gasteiger charge is -2.03. The molecule has 0 aromatic carbocycles. The molecule has 0 saturated heterocycles. The number of aromatic nitrogens is 1. The van der Waals surface area contributed by atoms with E-state index in [2.05, 4.69) is 10.3 Å². The Morgan fingerprint density at radius 2 is 2.35 bits per heavy atom. The van der Waals surface area contributed by atoms with Gasteiger partial charge in [-0.2, -0.15) is 0 Å². The summed E-state index contributed by atoms with van der Waals surface area (Å²) in [6, 6.07) is 2.05. The molecule has 4 nitrogen and oxygen atoms in total. The monoisotopic (exact) mass is 267 g/mol. The third kappa shape index (κ3) is 3.28. The number of nitrogens with two attached hydrogens (primary N) is 1. The van der Waals surface area contributed by atoms with Crippen molar-refractivity contribution in [3.8, 4) is 0 Å². The van der Waals surface area contributed by atoms with Crippen molar-refractivity contribution in [3.05, 3.63) is 33.0 Å². The maximum absolute atomic E-state index is 11.6. The first-order chi connectivity index (χ1) is 8.15. The summed E-state index contributed by atoms with van der Waals surface area (Å²) < 4.78 is 0. The molecule has 0 bridgehead atoms. The molecule has 2 heterocycles. The van der Waals surface area contributed by atoms with Gasteiger partial charge in [0, 0.05) is 10.3 Å². The number of carbonyl (C=O) groups is 1. The van der Waals surface area contributed by atoms with Crippen molar-refractivity contribution >= 4 is 33.7 Å². The predicted octanol–water partition coefficient (Wildman–Crippen LogP) is 1.95. The highest BCUT2D eigenvalue weighted by Crippen LogP contribution is 2.15. The van der Waals surface area contributed by atoms with Gasteiger partial charge in [0.25, 0.3) is 0 Å². The van der Waals surface area contributed by atoms with Crippen LogP contribution < -0.4 is 11.1 Å². The number of amides is 1. The van der Waals surface area contributed by atoms with Crippen molar-refractivity contribution < 1.29 is 4.79 Å². The molecule has 0 saturated carbocycles. The minimum absolute atomic E-state index is 0.0249. The fourth-order valence-electron chi connectivity index (χ4n) is 1.39. The second-order valence-corrected chi connectivity index (χ2v) is 5.55. The molecule has 0 spiro atoms. The number of nitrogen functional groups attached to an aromatic ring is 1. The molecule has 17 heavy (non-hydrogen) atoms. The first-order valence-electron chi connectivity index (χ1n) is 5.14. The van der Waals surface area contributed by atoms with Crippen molar-refractivity contribution in [2.24, 2.45) is 0 Å². The van der Waals surface area contributed by atoms with Crippen LogP contribution in [0.15, 0.2) is 16.8 Å². The number of nitrogens with one attached hydrogen (secondary N) is 1. The standard InChI is InChI=1S/C11H13N3OS2/c1-7-2-3-16-9(7)5-13-10(15)4-8-6-17-11(12)14-8/h2-3,6H,4-5H2,1H3,(H2,12,14)(H,13,15). The van der Waals surface area contributed by atoms with Crippen molar-refractivity contribution in [1.29, 1.82) is 0 Å². The van der Waals surface area contributed by atoms with E-state index in [0.717, 1.165) is 5.69 Å². The molecule has 0 unspecified atom stereocenters. The van der Waals surface area contributed by atoms with Gasteiger partial charge in [-0.05, 0) is 23.9 Å². The smallest absolute Gasteiger partial charge is 0.226 e. The van der Waals surface area contributed by atoms with Gasteiger partial charge >= 0.3 is 0 Å². The normalized spacial score (nSPS) is 10.4. The SMILES string of the molecule is Cc1ccsc1CNC(=O)Cc1csc(N)n1. The minimum Gasteiger partial charge on any atom is -0.375 e. The Morgan fingerprint density at radius 3 is 2.94 bits per heavy atom. The van der Waals surface area contributed by atoms with E-state index < -0.39 is 0 Å². The zero-order chi connectivity index (χ0) is 12.3. The molecule has 3 N–H and O–H groups in total. The van der Waals surface area contributed by atoms with Crippen LogP contribution in [0.25, 0.3) is 0 Å². The molecule has 0 radical (unpaired) electrons. The highest BCUT2D eigenvalue weighted by molar-refractivity contribution is 7.13. The van der Waals surface area contributed by atoms with Gasteiger partial charge in [-0.15, -0.1) is 22.7 Å². The minimum atomic E-state index is -0.0249. The molecule has 2 rings (SSSR count). The number of carbonyl (C=O) groups excluding carboxylic acids is 1. The number of thiophene rings is 1. The van der Waals surface area contributed by atoms with Gasteiger partial charge in [0.2, 0.25) is 5.91 Å². The van der Waals surface area contributed by atoms with Crippen LogP contribution in [0.1, 0.15) is 16.1 Å². The summed E-state index contributed by atoms with van der Waals surface area (Å²) in [6.07, 6.45) is 0.290. The van der Waals surface area contributed by atoms with Crippen LogP contribution in [-0.2, 0) is 17.8 Å². The second kappa shape index (κ2) is 5.29. The molecule has 0 fully saturated rings. The molecule has 2 aromatic rings. The van der Waals surface area contributed by atoms with Gasteiger partial charge in [-0.3, -0.25) is 4.79 Å². The quantitative estimate of drug-likeness (QED) is 0.889. The fraction of sp³-hybridized carbons (Fsp3) is 0.273. The van der Waals surface area contributed by atoms with Crippen LogP contribution in [0.4, 0.5) is 5.13 Å². The molecule has 6 heteroatoms. The van der Waals surface area contributed by atoms with E-state index in [0.29, 0.717) is 11.7 Å². The lowest BCUT2D eigenvalue weighted by molar-refractivity contribution is -0.120. The number of aryl methyl sites for hydroxylation is 1. The first kappa shape index (κ1) is 12.1. The Bertz CT molecular complexity index is 518. The highest BCUT2D eigenvalue weighted by atomic mass is 32.1. The van der Waals surface area contributed by atoms with Crippen LogP contribution in [0.3, 0.4) is 0 Å². The molecule has 2 aromatic heterocycles. The zero-order valence-electron chi connectivity index (χ0n) is 9.40. The van der Waals surface area contributed by atoms with E-state index in [-0.39, 0.29) is 12.3 Å². The summed E-state index contributed by atoms with van der Waals surface area (Å²) in [6.45, 7) is 2.63. The van der Waals surface area contributed by atoms with Crippen LogP contribution >= 0.6 is 22.7 Å². The van der Waals surface area contributed by atoms with Crippen molar-refractivity contribution in [1.82, 2.24) is 10.3 Å². The number of nitrogens with zero attached hydrogens (tertiary/aromatic N) is 1. The Morgan fingerprint density at radius 1 is 1.53 bits per heavy atom. The van der Waals surface area contributed by atoms with E-state index in [1.54, 1.807) is 11.3 Å². The molecular weight excluding hydrogens is 254 g/mol. The largest absolute Gasteiger partial charge is 0.375 e. The van der Waals surface area contributed by atoms with Gasteiger partial charge < -0.3 is 11.1 Å². The number of hydrogen-bond donors (Lipinski definition) is 2. The highest BCUT2D eigenvalue weighted by Gasteiger charge is 2.07. The third-order valence-corrected chi connectivity index (χ3v) is 4.07. The zero-order valence-corrected chi connectivity index (χ0v) is 11.0. The molecule has 90 valence electrons. The lowest BCUT2D eigenvalue weighted by Crippen LogP contribution is -2.24. The Kier molecular flexibility index (Phi) is 3.75. The molecule has 0 aliphatic rings. The fourth-order valence-corrected chi connectivity index (χ4v) is 2.80. The van der Waals surface area contributed by atoms with Crippen molar-refractivity contribution in [2.75, 3.05) is 5.73 Å². The summed E-state index contributed by atoms with van der Waals surface area (Å²) in [4.78, 5) is 16.9. The third-order valence-electron chi connectivity index (χ3n) is 2.33. The maximum Gasteiger partial charge on any atom is 0.226 e. The predicted molar refractivity (Wildman–Crippen MR) is 71.1 cm³/mol. The van der Waals surface area contributed by atoms with Gasteiger partial charge in [0.15, 0.2) is 5.13 Å². The average molecular weight is 267 g/mol. The Labute approximate surface area is 107 Å². The molecule has 1 amide bonds. The van der Waals surface area contributed by atoms with Gasteiger partial charge in [-0.1, -0.05) is 0 Å². The molecule has 0 aliphatic carbocycles. The number of thiazole rings is 1. The summed E-state index contributed by atoms with van der Waals surface area (Å²) >= 11 is 3.01. The number of rotatable bonds is 4. The van der Waals surface area contributed by atoms with Crippen molar-refractivity contribution in [3.63, 3.8) is 0 Å². The van der Waals surface area contributed by atoms with E-state index in [1.807, 2.05) is 23.8 Å². The Hall–Kier alpha value is -1.40. The van der Waals surface area contributed by atoms with Crippen LogP contribution in [-0.4, -0.2) is 10.9 Å². The van der Waals surface area contributed by atoms with Gasteiger partial charge in [-0.25, -0.2) is 4.98 Å². The first-order valence-corrected chi connectivity index (χ1v) is 6.90. The molecule has 0 atom stereocenters. The summed E-state index contributed by atoms with van der Waals surface area (Å²) in [5.41, 5.74) is 7.45. The van der Waals surface area contributed by atoms with E-state index >= 15 is 0 Å². The second-order valence-electron chi connectivity index (χ2n) is 3.66. The Balaban J connectivity index is 1.84. The summed E-state index contributed by atoms with van der Waals surface area (Å²) in [5.74, 6) is -0.0249. The molecule has 0 aliphatic heterocycles. The van der Waals surface area contributed by atoms with Gasteiger partial charge in [0.1, 0.15) is 0 Å². The van der Waals surface area contributed by atoms with E-state index in [4.69, 9.17) is 5.73 Å². The average Bonchev–Trinajstić information content (AvgIpc) is 2.85. The maximum atomic E-state index is 11.6. The summed E-state index contributed by atoms with van der Waals surface area (Å²) in [5, 5.41) is 7.22. The van der Waals surface area contributed by atoms with Crippen molar-refractivity contribution in [2.45, 2.75) is 19.9 Å². The molecular formula is C11H13N3OS2. The van der Waals surface area contributed by atoms with E-state index in [1.165, 1.54) is 21.8 Å². The number of anilines is 1. The number of hydrogen-bond acceptors (Lipinski definition) is 5. The van der Waals surface area contributed by atoms with Crippen LogP contribution in [0.5, 0.6) is 0 Å². The van der Waals surface area contributed by atoms with E-state index in [9.17, 15) is 4.79 Å². The van der Waals surface area contributed by atoms with Crippen LogP contribution in [0.2, 0.25) is 0 Å². The van der Waals surface area contributed by atoms with Gasteiger partial charge in [0.05, 0.1) is 18.7 Å². The summed E-state index contributed by atoms with van der Waals surface area (Å²) in [7, 11) is 0. The van der Waals surface area contributed by atoms with Crippen LogP contribution in [0, 0.1) is 6.92 Å². The lowest BCUT2D eigenvalue weighted by atomic mass is 10.3.